The molecule has 162 valence electrons. The van der Waals surface area contributed by atoms with Crippen LogP contribution in [0.4, 0.5) is 0 Å². The van der Waals surface area contributed by atoms with Gasteiger partial charge in [-0.2, -0.15) is 0 Å². The van der Waals surface area contributed by atoms with E-state index in [1.54, 1.807) is 12.2 Å². The number of aliphatic hydroxyl groups excluding tert-OH is 4. The first kappa shape index (κ1) is 21.4. The van der Waals surface area contributed by atoms with Crippen LogP contribution in [-0.2, 0) is 15.9 Å². The molecule has 0 amide bonds. The Bertz CT molecular complexity index is 872. The molecule has 2 saturated heterocycles. The predicted molar refractivity (Wildman–Crippen MR) is 108 cm³/mol. The first-order chi connectivity index (χ1) is 14.3. The lowest BCUT2D eigenvalue weighted by atomic mass is 9.70. The molecule has 2 fully saturated rings. The Hall–Kier alpha value is -1.87. The lowest BCUT2D eigenvalue weighted by Crippen LogP contribution is -2.68. The molecule has 0 bridgehead atoms. The highest BCUT2D eigenvalue weighted by Crippen LogP contribution is 2.51. The minimum atomic E-state index is -1.65. The van der Waals surface area contributed by atoms with E-state index in [1.807, 2.05) is 31.2 Å². The molecule has 1 aliphatic carbocycles. The first-order valence-electron chi connectivity index (χ1n) is 10.3. The van der Waals surface area contributed by atoms with Crippen molar-refractivity contribution in [2.45, 2.75) is 50.5 Å². The molecule has 2 unspecified atom stereocenters. The summed E-state index contributed by atoms with van der Waals surface area (Å²) in [6, 6.07) is 7.48. The van der Waals surface area contributed by atoms with Crippen molar-refractivity contribution in [2.75, 3.05) is 13.2 Å². The molecule has 7 atom stereocenters. The van der Waals surface area contributed by atoms with Crippen LogP contribution >= 0.6 is 0 Å². The van der Waals surface area contributed by atoms with Crippen LogP contribution in [0.3, 0.4) is 0 Å². The second-order valence-electron chi connectivity index (χ2n) is 8.28. The Kier molecular flexibility index (Phi) is 5.69. The van der Waals surface area contributed by atoms with Gasteiger partial charge in [-0.1, -0.05) is 50.3 Å². The maximum atomic E-state index is 13.2. The van der Waals surface area contributed by atoms with E-state index in [-0.39, 0.29) is 18.3 Å². The monoisotopic (exact) mass is 416 g/mol. The second kappa shape index (κ2) is 8.00. The largest absolute Gasteiger partial charge is 0.394 e. The smallest absolute Gasteiger partial charge is 0.205 e. The highest BCUT2D eigenvalue weighted by atomic mass is 16.7. The summed E-state index contributed by atoms with van der Waals surface area (Å²) in [7, 11) is 0. The van der Waals surface area contributed by atoms with Gasteiger partial charge >= 0.3 is 0 Å². The van der Waals surface area contributed by atoms with Gasteiger partial charge in [0.1, 0.15) is 24.4 Å². The highest BCUT2D eigenvalue weighted by molar-refractivity contribution is 6.09. The minimum absolute atomic E-state index is 0.118. The van der Waals surface area contributed by atoms with Crippen molar-refractivity contribution in [1.29, 1.82) is 0 Å². The number of ether oxygens (including phenoxy) is 2. The van der Waals surface area contributed by atoms with Gasteiger partial charge in [-0.05, 0) is 23.5 Å². The van der Waals surface area contributed by atoms with Crippen LogP contribution in [0, 0.1) is 11.8 Å². The SMILES string of the molecule is CCc1ccc(C(=O)C2=CC=C3CO[C@]4(O[C@H](CO)[C@@H](O)[C@H](O)[C@H]4O)C3C2C)cc1. The molecule has 0 saturated carbocycles. The molecule has 7 heteroatoms. The van der Waals surface area contributed by atoms with E-state index < -0.39 is 42.7 Å². The molecule has 30 heavy (non-hydrogen) atoms. The topological polar surface area (TPSA) is 116 Å². The molecule has 3 aliphatic rings. The average Bonchev–Trinajstić information content (AvgIpc) is 3.15. The highest BCUT2D eigenvalue weighted by Gasteiger charge is 2.63. The van der Waals surface area contributed by atoms with E-state index in [1.165, 1.54) is 0 Å². The molecule has 2 aliphatic heterocycles. The number of ketones is 1. The third-order valence-electron chi connectivity index (χ3n) is 6.63. The molecule has 7 nitrogen and oxygen atoms in total. The van der Waals surface area contributed by atoms with Crippen LogP contribution in [-0.4, -0.2) is 69.6 Å². The van der Waals surface area contributed by atoms with E-state index in [0.717, 1.165) is 17.6 Å². The molecule has 1 aromatic carbocycles. The van der Waals surface area contributed by atoms with Gasteiger partial charge < -0.3 is 29.9 Å². The Morgan fingerprint density at radius 2 is 1.83 bits per heavy atom. The second-order valence-corrected chi connectivity index (χ2v) is 8.28. The van der Waals surface area contributed by atoms with Crippen LogP contribution in [0.1, 0.15) is 29.8 Å². The van der Waals surface area contributed by atoms with Crippen molar-refractivity contribution in [1.82, 2.24) is 0 Å². The zero-order valence-electron chi connectivity index (χ0n) is 17.1. The predicted octanol–water partition coefficient (Wildman–Crippen LogP) is 0.751. The zero-order valence-corrected chi connectivity index (χ0v) is 17.1. The summed E-state index contributed by atoms with van der Waals surface area (Å²) < 4.78 is 11.7. The van der Waals surface area contributed by atoms with Gasteiger partial charge in [-0.25, -0.2) is 0 Å². The molecule has 0 aromatic heterocycles. The summed E-state index contributed by atoms with van der Waals surface area (Å²) >= 11 is 0. The van der Waals surface area contributed by atoms with E-state index in [9.17, 15) is 25.2 Å². The Morgan fingerprint density at radius 1 is 1.13 bits per heavy atom. The fourth-order valence-electron chi connectivity index (χ4n) is 4.87. The van der Waals surface area contributed by atoms with Gasteiger partial charge in [-0.3, -0.25) is 4.79 Å². The maximum Gasteiger partial charge on any atom is 0.205 e. The lowest BCUT2D eigenvalue weighted by molar-refractivity contribution is -0.365. The number of rotatable bonds is 4. The van der Waals surface area contributed by atoms with Crippen molar-refractivity contribution in [3.63, 3.8) is 0 Å². The number of aliphatic hydroxyl groups is 4. The summed E-state index contributed by atoms with van der Waals surface area (Å²) in [5, 5.41) is 40.9. The van der Waals surface area contributed by atoms with Gasteiger partial charge in [0.2, 0.25) is 5.79 Å². The van der Waals surface area contributed by atoms with Gasteiger partial charge in [0.15, 0.2) is 5.78 Å². The number of Topliss-reactive ketones (excluding diaryl/α,β-unsaturated/α-hetero) is 1. The Morgan fingerprint density at radius 3 is 2.47 bits per heavy atom. The van der Waals surface area contributed by atoms with Crippen LogP contribution in [0.2, 0.25) is 0 Å². The van der Waals surface area contributed by atoms with Crippen LogP contribution in [0.25, 0.3) is 0 Å². The van der Waals surface area contributed by atoms with Crippen molar-refractivity contribution in [2.24, 2.45) is 11.8 Å². The fraction of sp³-hybridized carbons (Fsp3) is 0.522. The number of allylic oxidation sites excluding steroid dienone is 3. The zero-order chi connectivity index (χ0) is 21.6. The minimum Gasteiger partial charge on any atom is -0.394 e. The van der Waals surface area contributed by atoms with Crippen LogP contribution in [0.5, 0.6) is 0 Å². The summed E-state index contributed by atoms with van der Waals surface area (Å²) in [5.74, 6) is -2.68. The standard InChI is InChI=1S/C23H28O7/c1-3-13-4-6-14(7-5-13)19(25)16-9-8-15-11-29-23(18(15)12(16)2)22(28)21(27)20(26)17(10-24)30-23/h4-9,12,17-18,20-22,24,26-28H,3,10-11H2,1-2H3/t12?,17-,18?,20-,21+,22-,23+/m1/s1. The van der Waals surface area contributed by atoms with Crippen molar-refractivity contribution in [3.05, 3.63) is 58.7 Å². The number of hydrogen-bond donors (Lipinski definition) is 4. The van der Waals surface area contributed by atoms with Gasteiger partial charge in [-0.15, -0.1) is 0 Å². The van der Waals surface area contributed by atoms with E-state index >= 15 is 0 Å². The van der Waals surface area contributed by atoms with E-state index in [4.69, 9.17) is 9.47 Å². The maximum absolute atomic E-state index is 13.2. The van der Waals surface area contributed by atoms with E-state index in [2.05, 4.69) is 6.92 Å². The number of aryl methyl sites for hydroxylation is 1. The third-order valence-corrected chi connectivity index (χ3v) is 6.63. The molecule has 2 heterocycles. The van der Waals surface area contributed by atoms with E-state index in [0.29, 0.717) is 11.1 Å². The normalized spacial score (nSPS) is 38.2. The van der Waals surface area contributed by atoms with Crippen molar-refractivity contribution in [3.8, 4) is 0 Å². The number of benzene rings is 1. The quantitative estimate of drug-likeness (QED) is 0.535. The number of carbonyl (C=O) groups excluding carboxylic acids is 1. The molecule has 1 aromatic rings. The van der Waals surface area contributed by atoms with Gasteiger partial charge in [0, 0.05) is 17.1 Å². The molecule has 4 rings (SSSR count). The fourth-order valence-corrected chi connectivity index (χ4v) is 4.87. The Balaban J connectivity index is 1.66. The lowest BCUT2D eigenvalue weighted by Gasteiger charge is -2.50. The van der Waals surface area contributed by atoms with Crippen LogP contribution in [0.15, 0.2) is 47.6 Å². The van der Waals surface area contributed by atoms with Crippen LogP contribution < -0.4 is 0 Å². The first-order valence-corrected chi connectivity index (χ1v) is 10.3. The molecule has 1 spiro atoms. The summed E-state index contributed by atoms with van der Waals surface area (Å²) in [4.78, 5) is 13.2. The summed E-state index contributed by atoms with van der Waals surface area (Å²) in [5.41, 5.74) is 3.10. The molecular formula is C23H28O7. The third kappa shape index (κ3) is 3.17. The number of carbonyl (C=O) groups is 1. The molecular weight excluding hydrogens is 388 g/mol. The number of fused-ring (bicyclic) bond motifs is 2. The van der Waals surface area contributed by atoms with Crippen molar-refractivity contribution < 1.29 is 34.7 Å². The average molecular weight is 416 g/mol. The molecule has 4 N–H and O–H groups in total. The summed E-state index contributed by atoms with van der Waals surface area (Å²) in [6.07, 6.45) is -1.17. The molecule has 0 radical (unpaired) electrons. The van der Waals surface area contributed by atoms with Gasteiger partial charge in [0.25, 0.3) is 0 Å². The summed E-state index contributed by atoms with van der Waals surface area (Å²) in [6.45, 7) is 3.53. The number of hydrogen-bond acceptors (Lipinski definition) is 7. The Labute approximate surface area is 175 Å². The van der Waals surface area contributed by atoms with Gasteiger partial charge in [0.05, 0.1) is 13.2 Å². The van der Waals surface area contributed by atoms with Crippen molar-refractivity contribution >= 4 is 5.78 Å².